The van der Waals surface area contributed by atoms with Crippen LogP contribution in [0.4, 0.5) is 0 Å². The second-order valence-corrected chi connectivity index (χ2v) is 8.15. The summed E-state index contributed by atoms with van der Waals surface area (Å²) >= 11 is 0. The van der Waals surface area contributed by atoms with Crippen molar-refractivity contribution >= 4 is 11.8 Å². The molecule has 3 N–H and O–H groups in total. The zero-order valence-corrected chi connectivity index (χ0v) is 16.6. The Morgan fingerprint density at radius 2 is 1.96 bits per heavy atom. The summed E-state index contributed by atoms with van der Waals surface area (Å²) in [6.07, 6.45) is 5.77. The van der Waals surface area contributed by atoms with Crippen LogP contribution in [0.1, 0.15) is 67.7 Å². The van der Waals surface area contributed by atoms with Crippen LogP contribution in [0.2, 0.25) is 0 Å². The molecule has 1 unspecified atom stereocenters. The molecule has 2 bridgehead atoms. The second-order valence-electron chi connectivity index (χ2n) is 8.15. The predicted molar refractivity (Wildman–Crippen MR) is 105 cm³/mol. The molecule has 0 radical (unpaired) electrons. The molecule has 1 atom stereocenters. The molecule has 0 saturated heterocycles. The normalized spacial score (nSPS) is 22.0. The molecule has 7 heteroatoms. The molecule has 1 aliphatic carbocycles. The summed E-state index contributed by atoms with van der Waals surface area (Å²) in [5.41, 5.74) is 2.76. The molecular formula is C20H33N5O2. The van der Waals surface area contributed by atoms with Gasteiger partial charge in [-0.05, 0) is 57.5 Å². The summed E-state index contributed by atoms with van der Waals surface area (Å²) in [5.74, 6) is 0.616. The molecule has 0 saturated carbocycles. The lowest BCUT2D eigenvalue weighted by atomic mass is 9.91. The van der Waals surface area contributed by atoms with Gasteiger partial charge in [0.25, 0.3) is 5.91 Å². The van der Waals surface area contributed by atoms with Crippen molar-refractivity contribution in [1.82, 2.24) is 25.7 Å². The summed E-state index contributed by atoms with van der Waals surface area (Å²) in [6.45, 7) is 7.55. The summed E-state index contributed by atoms with van der Waals surface area (Å²) in [6, 6.07) is 0.0948. The fourth-order valence-corrected chi connectivity index (χ4v) is 3.86. The van der Waals surface area contributed by atoms with E-state index in [9.17, 15) is 9.59 Å². The van der Waals surface area contributed by atoms with E-state index in [4.69, 9.17) is 0 Å². The highest BCUT2D eigenvalue weighted by Gasteiger charge is 2.29. The minimum Gasteiger partial charge on any atom is -0.353 e. The van der Waals surface area contributed by atoms with Crippen LogP contribution in [0.15, 0.2) is 0 Å². The minimum atomic E-state index is -0.0867. The van der Waals surface area contributed by atoms with Crippen LogP contribution in [-0.4, -0.2) is 47.3 Å². The maximum Gasteiger partial charge on any atom is 0.272 e. The highest BCUT2D eigenvalue weighted by Crippen LogP contribution is 2.26. The lowest BCUT2D eigenvalue weighted by molar-refractivity contribution is -0.121. The number of nitrogens with one attached hydrogen (secondary N) is 3. The molecule has 27 heavy (non-hydrogen) atoms. The number of carbonyl (C=O) groups is 2. The van der Waals surface area contributed by atoms with E-state index in [1.807, 2.05) is 4.68 Å². The summed E-state index contributed by atoms with van der Waals surface area (Å²) in [7, 11) is 0. The van der Waals surface area contributed by atoms with Gasteiger partial charge in [-0.25, -0.2) is 0 Å². The Kier molecular flexibility index (Phi) is 6.88. The van der Waals surface area contributed by atoms with Crippen molar-refractivity contribution in [2.24, 2.45) is 5.92 Å². The number of amides is 2. The van der Waals surface area contributed by atoms with Crippen LogP contribution in [0, 0.1) is 5.92 Å². The average Bonchev–Trinajstić information content (AvgIpc) is 2.99. The molecule has 2 aliphatic rings. The largest absolute Gasteiger partial charge is 0.353 e. The zero-order valence-electron chi connectivity index (χ0n) is 16.6. The number of hydrogen-bond acceptors (Lipinski definition) is 4. The number of aryl methyl sites for hydroxylation is 1. The Bertz CT molecular complexity index is 668. The molecule has 2 heterocycles. The van der Waals surface area contributed by atoms with Crippen LogP contribution >= 0.6 is 0 Å². The first-order chi connectivity index (χ1) is 13.0. The van der Waals surface area contributed by atoms with Crippen molar-refractivity contribution in [3.63, 3.8) is 0 Å². The molecule has 2 amide bonds. The zero-order chi connectivity index (χ0) is 19.2. The van der Waals surface area contributed by atoms with E-state index in [0.717, 1.165) is 57.3 Å². The number of rotatable bonds is 3. The van der Waals surface area contributed by atoms with E-state index in [1.165, 1.54) is 5.69 Å². The van der Waals surface area contributed by atoms with Crippen molar-refractivity contribution in [1.29, 1.82) is 0 Å². The van der Waals surface area contributed by atoms with Gasteiger partial charge in [0.1, 0.15) is 0 Å². The molecule has 0 fully saturated rings. The van der Waals surface area contributed by atoms with Gasteiger partial charge in [0.2, 0.25) is 5.91 Å². The third-order valence-corrected chi connectivity index (χ3v) is 5.42. The minimum absolute atomic E-state index is 0.0867. The highest BCUT2D eigenvalue weighted by molar-refractivity contribution is 5.94. The van der Waals surface area contributed by atoms with Gasteiger partial charge in [0.15, 0.2) is 5.69 Å². The van der Waals surface area contributed by atoms with Crippen LogP contribution in [-0.2, 0) is 24.2 Å². The van der Waals surface area contributed by atoms with Crippen molar-refractivity contribution < 1.29 is 9.59 Å². The Balaban J connectivity index is 1.82. The third kappa shape index (κ3) is 5.31. The van der Waals surface area contributed by atoms with E-state index >= 15 is 0 Å². The van der Waals surface area contributed by atoms with Gasteiger partial charge in [-0.1, -0.05) is 13.8 Å². The maximum absolute atomic E-state index is 12.7. The molecule has 0 aromatic carbocycles. The predicted octanol–water partition coefficient (Wildman–Crippen LogP) is 1.41. The number of fused-ring (bicyclic) bond motifs is 1. The van der Waals surface area contributed by atoms with Gasteiger partial charge in [0, 0.05) is 36.8 Å². The molecule has 1 aromatic heterocycles. The number of hydrogen-bond donors (Lipinski definition) is 3. The summed E-state index contributed by atoms with van der Waals surface area (Å²) < 4.78 is 2.03. The SMILES string of the molecule is CC(C)CCn1nc2c3c1CCC(C3)NC(=O)CCCNCCCNC2=O. The first kappa shape index (κ1) is 19.9. The van der Waals surface area contributed by atoms with Gasteiger partial charge < -0.3 is 16.0 Å². The van der Waals surface area contributed by atoms with Gasteiger partial charge in [0.05, 0.1) is 0 Å². The summed E-state index contributed by atoms with van der Waals surface area (Å²) in [5, 5.41) is 14.2. The smallest absolute Gasteiger partial charge is 0.272 e. The quantitative estimate of drug-likeness (QED) is 0.745. The lowest BCUT2D eigenvalue weighted by Crippen LogP contribution is -2.39. The van der Waals surface area contributed by atoms with Gasteiger partial charge in [-0.15, -0.1) is 0 Å². The average molecular weight is 376 g/mol. The molecule has 7 nitrogen and oxygen atoms in total. The molecule has 150 valence electrons. The maximum atomic E-state index is 12.7. The Hall–Kier alpha value is -1.89. The first-order valence-electron chi connectivity index (χ1n) is 10.4. The van der Waals surface area contributed by atoms with Gasteiger partial charge in [-0.3, -0.25) is 14.3 Å². The second kappa shape index (κ2) is 9.35. The van der Waals surface area contributed by atoms with Crippen molar-refractivity contribution in [3.8, 4) is 0 Å². The van der Waals surface area contributed by atoms with Crippen LogP contribution in [0.25, 0.3) is 0 Å². The number of carbonyl (C=O) groups excluding carboxylic acids is 2. The molecular weight excluding hydrogens is 342 g/mol. The van der Waals surface area contributed by atoms with E-state index < -0.39 is 0 Å². The first-order valence-corrected chi connectivity index (χ1v) is 10.4. The van der Waals surface area contributed by atoms with Crippen molar-refractivity contribution in [2.75, 3.05) is 19.6 Å². The summed E-state index contributed by atoms with van der Waals surface area (Å²) in [4.78, 5) is 25.0. The van der Waals surface area contributed by atoms with Gasteiger partial charge >= 0.3 is 0 Å². The van der Waals surface area contributed by atoms with E-state index in [-0.39, 0.29) is 17.9 Å². The molecule has 3 rings (SSSR count). The van der Waals surface area contributed by atoms with Crippen LogP contribution in [0.3, 0.4) is 0 Å². The monoisotopic (exact) mass is 375 g/mol. The fourth-order valence-electron chi connectivity index (χ4n) is 3.86. The van der Waals surface area contributed by atoms with Crippen LogP contribution in [0.5, 0.6) is 0 Å². The van der Waals surface area contributed by atoms with Crippen LogP contribution < -0.4 is 16.0 Å². The number of aromatic nitrogens is 2. The fraction of sp³-hybridized carbons (Fsp3) is 0.750. The van der Waals surface area contributed by atoms with E-state index in [1.54, 1.807) is 0 Å². The van der Waals surface area contributed by atoms with E-state index in [0.29, 0.717) is 31.0 Å². The molecule has 1 aromatic rings. The van der Waals surface area contributed by atoms with Gasteiger partial charge in [-0.2, -0.15) is 5.10 Å². The molecule has 0 spiro atoms. The number of nitrogens with zero attached hydrogens (tertiary/aromatic N) is 2. The highest BCUT2D eigenvalue weighted by atomic mass is 16.2. The topological polar surface area (TPSA) is 88.1 Å². The molecule has 1 aliphatic heterocycles. The third-order valence-electron chi connectivity index (χ3n) is 5.42. The standard InChI is InChI=1S/C20H33N5O2/c1-14(2)8-12-25-17-7-6-15-13-16(17)19(24-25)20(27)22-11-4-10-21-9-3-5-18(26)23-15/h14-15,21H,3-13H2,1-2H3,(H,22,27)(H,23,26). The lowest BCUT2D eigenvalue weighted by Gasteiger charge is -2.24. The van der Waals surface area contributed by atoms with E-state index in [2.05, 4.69) is 34.9 Å². The Labute approximate surface area is 161 Å². The Morgan fingerprint density at radius 1 is 1.15 bits per heavy atom. The van der Waals surface area contributed by atoms with Crippen molar-refractivity contribution in [3.05, 3.63) is 17.0 Å². The van der Waals surface area contributed by atoms with Crippen molar-refractivity contribution in [2.45, 2.75) is 71.4 Å². The Morgan fingerprint density at radius 3 is 2.78 bits per heavy atom.